The molecule has 0 aromatic heterocycles. The summed E-state index contributed by atoms with van der Waals surface area (Å²) in [6, 6.07) is 16.4. The molecule has 1 fully saturated rings. The van der Waals surface area contributed by atoms with Crippen molar-refractivity contribution in [3.63, 3.8) is 0 Å². The van der Waals surface area contributed by atoms with Gasteiger partial charge in [0.15, 0.2) is 0 Å². The van der Waals surface area contributed by atoms with Gasteiger partial charge in [-0.3, -0.25) is 4.79 Å². The van der Waals surface area contributed by atoms with Gasteiger partial charge >= 0.3 is 0 Å². The Labute approximate surface area is 182 Å². The predicted molar refractivity (Wildman–Crippen MR) is 122 cm³/mol. The van der Waals surface area contributed by atoms with Crippen molar-refractivity contribution in [2.75, 3.05) is 5.32 Å². The highest BCUT2D eigenvalue weighted by Crippen LogP contribution is 2.56. The van der Waals surface area contributed by atoms with E-state index in [0.29, 0.717) is 5.92 Å². The molecule has 5 heteroatoms. The van der Waals surface area contributed by atoms with E-state index in [9.17, 15) is 9.18 Å². The zero-order valence-corrected chi connectivity index (χ0v) is 17.7. The van der Waals surface area contributed by atoms with E-state index in [2.05, 4.69) is 35.8 Å². The summed E-state index contributed by atoms with van der Waals surface area (Å²) in [5, 5.41) is 14.4. The molecule has 0 saturated heterocycles. The van der Waals surface area contributed by atoms with Crippen LogP contribution in [0.2, 0.25) is 0 Å². The largest absolute Gasteiger partial charge is 0.355 e. The Bertz CT molecular complexity index is 1010. The number of halogens is 1. The summed E-state index contributed by atoms with van der Waals surface area (Å²) in [4.78, 5) is 11.3. The van der Waals surface area contributed by atoms with E-state index in [1.54, 1.807) is 12.1 Å². The summed E-state index contributed by atoms with van der Waals surface area (Å²) in [5.74, 6) is 0.135. The second-order valence-corrected chi connectivity index (χ2v) is 8.70. The van der Waals surface area contributed by atoms with E-state index < -0.39 is 0 Å². The molecule has 3 N–H and O–H groups in total. The Morgan fingerprint density at radius 3 is 2.61 bits per heavy atom. The first-order valence-corrected chi connectivity index (χ1v) is 10.8. The molecular formula is C26H28FN3O. The first-order valence-electron chi connectivity index (χ1n) is 10.8. The zero-order chi connectivity index (χ0) is 21.8. The van der Waals surface area contributed by atoms with Gasteiger partial charge < -0.3 is 16.0 Å². The van der Waals surface area contributed by atoms with Crippen molar-refractivity contribution < 1.29 is 9.18 Å². The molecule has 1 saturated carbocycles. The number of allylic oxidation sites excluding steroid dienone is 3. The summed E-state index contributed by atoms with van der Waals surface area (Å²) in [6.45, 7) is 2.29. The van der Waals surface area contributed by atoms with Crippen molar-refractivity contribution in [3.05, 3.63) is 88.9 Å². The minimum Gasteiger partial charge on any atom is -0.355 e. The van der Waals surface area contributed by atoms with Gasteiger partial charge in [-0.05, 0) is 78.5 Å². The van der Waals surface area contributed by atoms with Crippen LogP contribution in [-0.2, 0) is 4.79 Å². The third-order valence-electron chi connectivity index (χ3n) is 6.91. The van der Waals surface area contributed by atoms with E-state index >= 15 is 0 Å². The fourth-order valence-corrected chi connectivity index (χ4v) is 5.11. The molecule has 2 aliphatic rings. The van der Waals surface area contributed by atoms with Crippen molar-refractivity contribution in [3.8, 4) is 0 Å². The number of carbonyl (C=O) groups excluding carboxylic acids is 1. The molecular weight excluding hydrogens is 389 g/mol. The van der Waals surface area contributed by atoms with E-state index in [1.165, 1.54) is 23.9 Å². The minimum atomic E-state index is -0.267. The molecule has 1 amide bonds. The molecule has 4 rings (SSSR count). The molecule has 0 aliphatic heterocycles. The molecule has 160 valence electrons. The first-order chi connectivity index (χ1) is 15.0. The molecule has 4 nitrogen and oxygen atoms in total. The van der Waals surface area contributed by atoms with Crippen molar-refractivity contribution in [2.45, 2.75) is 38.6 Å². The lowest BCUT2D eigenvalue weighted by atomic mass is 9.67. The normalized spacial score (nSPS) is 23.5. The van der Waals surface area contributed by atoms with Crippen molar-refractivity contribution in [1.29, 1.82) is 5.41 Å². The topological polar surface area (TPSA) is 65.0 Å². The number of hydrogen-bond acceptors (Lipinski definition) is 3. The maximum Gasteiger partial charge on any atom is 0.207 e. The van der Waals surface area contributed by atoms with Gasteiger partial charge in [-0.2, -0.15) is 0 Å². The van der Waals surface area contributed by atoms with Crippen LogP contribution in [0.25, 0.3) is 0 Å². The molecule has 0 spiro atoms. The fraction of sp³-hybridized carbons (Fsp3) is 0.308. The number of nitrogens with one attached hydrogen (secondary N) is 3. The molecule has 31 heavy (non-hydrogen) atoms. The van der Waals surface area contributed by atoms with Crippen LogP contribution in [-0.4, -0.2) is 12.6 Å². The lowest BCUT2D eigenvalue weighted by Gasteiger charge is -2.38. The number of benzene rings is 2. The van der Waals surface area contributed by atoms with Crippen LogP contribution in [0, 0.1) is 22.6 Å². The highest BCUT2D eigenvalue weighted by atomic mass is 19.1. The van der Waals surface area contributed by atoms with Crippen LogP contribution in [0.1, 0.15) is 44.2 Å². The quantitative estimate of drug-likeness (QED) is 0.377. The summed E-state index contributed by atoms with van der Waals surface area (Å²) in [7, 11) is 0. The number of carbonyl (C=O) groups is 1. The third-order valence-corrected chi connectivity index (χ3v) is 6.91. The number of fused-ring (bicyclic) bond motifs is 1. The highest BCUT2D eigenvalue weighted by Gasteiger charge is 2.45. The SMILES string of the molecule is C[C@]12CC(C=N)=C(Nc3ccc(F)cc3)C=C1CC[C@@H]2CC(NC=O)c1ccccc1. The van der Waals surface area contributed by atoms with Crippen LogP contribution in [0.3, 0.4) is 0 Å². The molecule has 2 aromatic rings. The smallest absolute Gasteiger partial charge is 0.207 e. The second kappa shape index (κ2) is 8.88. The van der Waals surface area contributed by atoms with Crippen LogP contribution in [0.4, 0.5) is 10.1 Å². The van der Waals surface area contributed by atoms with Crippen molar-refractivity contribution in [2.24, 2.45) is 11.3 Å². The summed E-state index contributed by atoms with van der Waals surface area (Å²) in [5.41, 5.74) is 5.13. The number of hydrogen-bond donors (Lipinski definition) is 3. The molecule has 2 aliphatic carbocycles. The molecule has 1 unspecified atom stereocenters. The first kappa shape index (κ1) is 21.0. The lowest BCUT2D eigenvalue weighted by molar-refractivity contribution is -0.110. The Morgan fingerprint density at radius 2 is 1.94 bits per heavy atom. The van der Waals surface area contributed by atoms with Gasteiger partial charge in [0.2, 0.25) is 6.41 Å². The standard InChI is InChI=1S/C26H28FN3O/c1-26-15-19(16-28)25(30-23-11-9-22(27)10-12-23)14-21(26)8-7-20(26)13-24(29-17-31)18-5-3-2-4-6-18/h2-6,9-12,14,16-17,20,24,28,30H,7-8,13,15H2,1H3,(H,29,31)/t20-,24?,26-/m1/s1. The number of anilines is 1. The summed E-state index contributed by atoms with van der Waals surface area (Å²) in [6.07, 6.45) is 8.10. The van der Waals surface area contributed by atoms with E-state index in [-0.39, 0.29) is 17.3 Å². The number of amides is 1. The zero-order valence-electron chi connectivity index (χ0n) is 17.7. The summed E-state index contributed by atoms with van der Waals surface area (Å²) >= 11 is 0. The molecule has 3 atom stereocenters. The number of rotatable bonds is 8. The minimum absolute atomic E-state index is 0.0222. The average molecular weight is 418 g/mol. The van der Waals surface area contributed by atoms with Gasteiger partial charge in [0, 0.05) is 17.6 Å². The van der Waals surface area contributed by atoms with Crippen molar-refractivity contribution >= 4 is 18.3 Å². The predicted octanol–water partition coefficient (Wildman–Crippen LogP) is 5.77. The van der Waals surface area contributed by atoms with Crippen LogP contribution in [0.15, 0.2) is 77.5 Å². The van der Waals surface area contributed by atoms with Crippen LogP contribution in [0.5, 0.6) is 0 Å². The fourth-order valence-electron chi connectivity index (χ4n) is 5.11. The Morgan fingerprint density at radius 1 is 1.19 bits per heavy atom. The van der Waals surface area contributed by atoms with Crippen molar-refractivity contribution in [1.82, 2.24) is 5.32 Å². The Hall–Kier alpha value is -3.21. The van der Waals surface area contributed by atoms with Gasteiger partial charge in [-0.25, -0.2) is 4.39 Å². The Kier molecular flexibility index (Phi) is 6.03. The molecule has 0 heterocycles. The molecule has 2 aromatic carbocycles. The lowest BCUT2D eigenvalue weighted by Crippen LogP contribution is -2.32. The van der Waals surface area contributed by atoms with Gasteiger partial charge in [0.25, 0.3) is 0 Å². The highest BCUT2D eigenvalue weighted by molar-refractivity contribution is 5.81. The Balaban J connectivity index is 1.56. The molecule has 0 radical (unpaired) electrons. The van der Waals surface area contributed by atoms with E-state index in [0.717, 1.165) is 54.6 Å². The van der Waals surface area contributed by atoms with E-state index in [1.807, 2.05) is 18.2 Å². The maximum atomic E-state index is 13.2. The maximum absolute atomic E-state index is 13.2. The van der Waals surface area contributed by atoms with Gasteiger partial charge in [-0.15, -0.1) is 0 Å². The van der Waals surface area contributed by atoms with Gasteiger partial charge in [0.05, 0.1) is 6.04 Å². The van der Waals surface area contributed by atoms with E-state index in [4.69, 9.17) is 5.41 Å². The van der Waals surface area contributed by atoms with Crippen LogP contribution < -0.4 is 10.6 Å². The van der Waals surface area contributed by atoms with Crippen LogP contribution >= 0.6 is 0 Å². The monoisotopic (exact) mass is 417 g/mol. The van der Waals surface area contributed by atoms with Gasteiger partial charge in [0.1, 0.15) is 5.82 Å². The third kappa shape index (κ3) is 4.31. The second-order valence-electron chi connectivity index (χ2n) is 8.70. The summed E-state index contributed by atoms with van der Waals surface area (Å²) < 4.78 is 13.2. The molecule has 0 bridgehead atoms. The average Bonchev–Trinajstić information content (AvgIpc) is 3.10. The van der Waals surface area contributed by atoms with Gasteiger partial charge in [-0.1, -0.05) is 42.8 Å².